The molecule has 0 unspecified atom stereocenters. The van der Waals surface area contributed by atoms with Gasteiger partial charge in [-0.1, -0.05) is 58.7 Å². The molecular formula is C25H21Cl2N5. The van der Waals surface area contributed by atoms with Crippen LogP contribution in [0.4, 0.5) is 0 Å². The SMILES string of the molecule is Cc1nnn(C)c1-c1ccc2nc(C)n(C(c3ccc(Cl)cc3)c3ccc(Cl)cc3)c2c1. The van der Waals surface area contributed by atoms with Crippen molar-refractivity contribution in [1.29, 1.82) is 0 Å². The van der Waals surface area contributed by atoms with Crippen molar-refractivity contribution in [3.8, 4) is 11.3 Å². The van der Waals surface area contributed by atoms with Gasteiger partial charge in [-0.15, -0.1) is 5.10 Å². The zero-order chi connectivity index (χ0) is 22.4. The third kappa shape index (κ3) is 3.57. The molecule has 7 heteroatoms. The van der Waals surface area contributed by atoms with E-state index in [0.717, 1.165) is 44.9 Å². The molecule has 2 aromatic heterocycles. The molecule has 0 aliphatic heterocycles. The number of hydrogen-bond acceptors (Lipinski definition) is 3. The minimum absolute atomic E-state index is 0.0875. The normalized spacial score (nSPS) is 11.6. The summed E-state index contributed by atoms with van der Waals surface area (Å²) in [6.07, 6.45) is 0. The Kier molecular flexibility index (Phi) is 5.24. The fourth-order valence-corrected chi connectivity index (χ4v) is 4.58. The molecule has 5 nitrogen and oxygen atoms in total. The van der Waals surface area contributed by atoms with Crippen LogP contribution in [-0.2, 0) is 7.05 Å². The van der Waals surface area contributed by atoms with Crippen LogP contribution in [0.3, 0.4) is 0 Å². The summed E-state index contributed by atoms with van der Waals surface area (Å²) in [4.78, 5) is 4.86. The van der Waals surface area contributed by atoms with Crippen LogP contribution in [0, 0.1) is 13.8 Å². The van der Waals surface area contributed by atoms with Gasteiger partial charge in [0.15, 0.2) is 0 Å². The lowest BCUT2D eigenvalue weighted by atomic mass is 9.97. The maximum atomic E-state index is 6.19. The Bertz CT molecular complexity index is 1350. The van der Waals surface area contributed by atoms with E-state index >= 15 is 0 Å². The van der Waals surface area contributed by atoms with E-state index in [9.17, 15) is 0 Å². The molecule has 160 valence electrons. The molecule has 3 aromatic carbocycles. The second kappa shape index (κ2) is 8.08. The largest absolute Gasteiger partial charge is 0.316 e. The molecule has 0 saturated heterocycles. The highest BCUT2D eigenvalue weighted by Gasteiger charge is 2.22. The molecule has 0 fully saturated rings. The summed E-state index contributed by atoms with van der Waals surface area (Å²) < 4.78 is 4.07. The molecule has 5 rings (SSSR count). The van der Waals surface area contributed by atoms with Gasteiger partial charge >= 0.3 is 0 Å². The zero-order valence-electron chi connectivity index (χ0n) is 17.9. The minimum atomic E-state index is -0.0875. The number of rotatable bonds is 4. The number of aryl methyl sites for hydroxylation is 3. The number of aromatic nitrogens is 5. The highest BCUT2D eigenvalue weighted by Crippen LogP contribution is 2.35. The molecule has 0 atom stereocenters. The maximum absolute atomic E-state index is 6.19. The standard InChI is InChI=1S/C25H21Cl2N5/c1-15-24(31(3)30-29-15)19-8-13-22-23(14-19)32(16(2)28-22)25(17-4-9-20(26)10-5-17)18-6-11-21(27)12-7-18/h4-14,25H,1-3H3. The summed E-state index contributed by atoms with van der Waals surface area (Å²) in [5.74, 6) is 0.923. The monoisotopic (exact) mass is 461 g/mol. The molecule has 0 spiro atoms. The average molecular weight is 462 g/mol. The van der Waals surface area contributed by atoms with Gasteiger partial charge in [0.25, 0.3) is 0 Å². The Balaban J connectivity index is 1.76. The van der Waals surface area contributed by atoms with Gasteiger partial charge in [0.05, 0.1) is 28.5 Å². The number of halogens is 2. The van der Waals surface area contributed by atoms with E-state index in [2.05, 4.69) is 57.3 Å². The Morgan fingerprint density at radius 2 is 1.41 bits per heavy atom. The van der Waals surface area contributed by atoms with Crippen molar-refractivity contribution in [2.24, 2.45) is 7.05 Å². The highest BCUT2D eigenvalue weighted by atomic mass is 35.5. The van der Waals surface area contributed by atoms with Crippen LogP contribution in [0.2, 0.25) is 10.0 Å². The second-order valence-electron chi connectivity index (χ2n) is 7.89. The predicted octanol–water partition coefficient (Wildman–Crippen LogP) is 6.39. The van der Waals surface area contributed by atoms with Crippen molar-refractivity contribution in [2.75, 3.05) is 0 Å². The number of nitrogens with zero attached hydrogens (tertiary/aromatic N) is 5. The summed E-state index contributed by atoms with van der Waals surface area (Å²) in [5.41, 5.74) is 7.14. The van der Waals surface area contributed by atoms with E-state index in [1.165, 1.54) is 0 Å². The third-order valence-electron chi connectivity index (χ3n) is 5.76. The second-order valence-corrected chi connectivity index (χ2v) is 8.76. The lowest BCUT2D eigenvalue weighted by Gasteiger charge is -2.23. The number of hydrogen-bond donors (Lipinski definition) is 0. The lowest BCUT2D eigenvalue weighted by molar-refractivity contribution is 0.674. The van der Waals surface area contributed by atoms with E-state index in [1.807, 2.05) is 45.2 Å². The van der Waals surface area contributed by atoms with Crippen molar-refractivity contribution >= 4 is 34.2 Å². The fourth-order valence-electron chi connectivity index (χ4n) is 4.32. The van der Waals surface area contributed by atoms with Gasteiger partial charge in [0, 0.05) is 22.7 Å². The van der Waals surface area contributed by atoms with Crippen LogP contribution >= 0.6 is 23.2 Å². The molecule has 0 radical (unpaired) electrons. The molecule has 5 aromatic rings. The third-order valence-corrected chi connectivity index (χ3v) is 6.27. The van der Waals surface area contributed by atoms with Gasteiger partial charge in [0.1, 0.15) is 5.82 Å². The summed E-state index contributed by atoms with van der Waals surface area (Å²) in [6, 6.07) is 22.1. The van der Waals surface area contributed by atoms with Crippen molar-refractivity contribution < 1.29 is 0 Å². The molecule has 32 heavy (non-hydrogen) atoms. The summed E-state index contributed by atoms with van der Waals surface area (Å²) in [7, 11) is 1.91. The molecule has 0 aliphatic carbocycles. The first-order valence-electron chi connectivity index (χ1n) is 10.3. The van der Waals surface area contributed by atoms with E-state index in [-0.39, 0.29) is 6.04 Å². The molecule has 0 aliphatic rings. The Morgan fingerprint density at radius 1 is 0.812 bits per heavy atom. The molecular weight excluding hydrogens is 441 g/mol. The summed E-state index contributed by atoms with van der Waals surface area (Å²) in [5, 5.41) is 9.79. The van der Waals surface area contributed by atoms with Gasteiger partial charge < -0.3 is 4.57 Å². The Labute approximate surface area is 196 Å². The van der Waals surface area contributed by atoms with Crippen LogP contribution in [0.15, 0.2) is 66.7 Å². The van der Waals surface area contributed by atoms with Crippen LogP contribution in [0.1, 0.15) is 28.7 Å². The van der Waals surface area contributed by atoms with Crippen molar-refractivity contribution in [3.05, 3.63) is 99.4 Å². The van der Waals surface area contributed by atoms with Gasteiger partial charge in [-0.2, -0.15) is 0 Å². The van der Waals surface area contributed by atoms with Crippen molar-refractivity contribution in [3.63, 3.8) is 0 Å². The number of fused-ring (bicyclic) bond motifs is 1. The summed E-state index contributed by atoms with van der Waals surface area (Å²) >= 11 is 12.4. The Hall–Kier alpha value is -3.15. The zero-order valence-corrected chi connectivity index (χ0v) is 19.4. The van der Waals surface area contributed by atoms with E-state index in [0.29, 0.717) is 10.0 Å². The Morgan fingerprint density at radius 3 is 1.94 bits per heavy atom. The van der Waals surface area contributed by atoms with Gasteiger partial charge in [-0.05, 0) is 61.4 Å². The molecule has 2 heterocycles. The van der Waals surface area contributed by atoms with E-state index in [1.54, 1.807) is 4.68 Å². The highest BCUT2D eigenvalue weighted by molar-refractivity contribution is 6.30. The van der Waals surface area contributed by atoms with Crippen LogP contribution < -0.4 is 0 Å². The minimum Gasteiger partial charge on any atom is -0.316 e. The van der Waals surface area contributed by atoms with Crippen LogP contribution in [0.25, 0.3) is 22.3 Å². The predicted molar refractivity (Wildman–Crippen MR) is 129 cm³/mol. The number of imidazole rings is 1. The summed E-state index contributed by atoms with van der Waals surface area (Å²) in [6.45, 7) is 4.01. The molecule has 0 bridgehead atoms. The fraction of sp³-hybridized carbons (Fsp3) is 0.160. The molecule has 0 saturated carbocycles. The van der Waals surface area contributed by atoms with Gasteiger partial charge in [-0.3, -0.25) is 0 Å². The first-order chi connectivity index (χ1) is 15.4. The molecule has 0 N–H and O–H groups in total. The van der Waals surface area contributed by atoms with Gasteiger partial charge in [0.2, 0.25) is 0 Å². The smallest absolute Gasteiger partial charge is 0.107 e. The maximum Gasteiger partial charge on any atom is 0.107 e. The van der Waals surface area contributed by atoms with E-state index < -0.39 is 0 Å². The van der Waals surface area contributed by atoms with E-state index in [4.69, 9.17) is 28.2 Å². The topological polar surface area (TPSA) is 48.5 Å². The van der Waals surface area contributed by atoms with Crippen LogP contribution in [0.5, 0.6) is 0 Å². The van der Waals surface area contributed by atoms with Gasteiger partial charge in [-0.25, -0.2) is 9.67 Å². The lowest BCUT2D eigenvalue weighted by Crippen LogP contribution is -2.14. The first-order valence-corrected chi connectivity index (χ1v) is 11.0. The van der Waals surface area contributed by atoms with Crippen LogP contribution in [-0.4, -0.2) is 24.5 Å². The van der Waals surface area contributed by atoms with Crippen molar-refractivity contribution in [2.45, 2.75) is 19.9 Å². The average Bonchev–Trinajstić information content (AvgIpc) is 3.28. The van der Waals surface area contributed by atoms with Crippen molar-refractivity contribution in [1.82, 2.24) is 24.5 Å². The quantitative estimate of drug-likeness (QED) is 0.311. The first kappa shape index (κ1) is 20.7. The molecule has 0 amide bonds. The number of benzene rings is 3.